The summed E-state index contributed by atoms with van der Waals surface area (Å²) in [7, 11) is 1.32. The average Bonchev–Trinajstić information content (AvgIpc) is 3.99. The summed E-state index contributed by atoms with van der Waals surface area (Å²) in [6, 6.07) is -0.517. The Morgan fingerprint density at radius 2 is 1.38 bits per heavy atom. The van der Waals surface area contributed by atoms with Gasteiger partial charge in [-0.1, -0.05) is 159 Å². The molecule has 1 saturated heterocycles. The number of allylic oxidation sites excluding steroid dienone is 1. The van der Waals surface area contributed by atoms with Gasteiger partial charge in [-0.15, -0.1) is 39.5 Å². The third-order valence-corrected chi connectivity index (χ3v) is 15.0. The van der Waals surface area contributed by atoms with E-state index in [2.05, 4.69) is 62.0 Å². The molecule has 8 atom stereocenters. The Labute approximate surface area is 406 Å². The molecule has 9 nitrogen and oxygen atoms in total. The van der Waals surface area contributed by atoms with Crippen molar-refractivity contribution in [1.29, 1.82) is 0 Å². The first-order valence-corrected chi connectivity index (χ1v) is 24.6. The molecule has 0 spiro atoms. The molecule has 2 unspecified atom stereocenters. The Bertz CT molecular complexity index is 2310. The number of carbonyl (C=O) groups is 3. The van der Waals surface area contributed by atoms with Gasteiger partial charge in [-0.2, -0.15) is 5.70 Å². The van der Waals surface area contributed by atoms with Crippen molar-refractivity contribution < 1.29 is 23.9 Å². The van der Waals surface area contributed by atoms with Crippen molar-refractivity contribution in [3.8, 4) is 0 Å². The first-order valence-electron chi connectivity index (χ1n) is 24.6. The summed E-state index contributed by atoms with van der Waals surface area (Å²) in [5.74, 6) is -0.321. The predicted octanol–water partition coefficient (Wildman–Crippen LogP) is 10.2. The van der Waals surface area contributed by atoms with E-state index in [0.717, 1.165) is 92.6 Å². The molecule has 0 aromatic carbocycles. The van der Waals surface area contributed by atoms with E-state index < -0.39 is 23.8 Å². The van der Waals surface area contributed by atoms with Crippen LogP contribution in [0.3, 0.4) is 0 Å². The standard InChI is InChI=1S/C55H77N4O5.Mg/c1-13-39-35(8)42-28-44-37(10)41(24-25-48(60)64-27-26-34(7)23-17-22-33(6)21-16-20-32(5)19-15-18-31(3)4)52(58-44)50-51(55(62)63-12)54(61)49-38(11)45(59-53(49)50)30-47-40(14-2)36(9)43(57-47)29-46(39)56-42;/h13,28-34,37,41,50-52H,1,14-27H2,2-12H3,(H,59,61);/q-3;+2/p-1/b43-29-,44-28-,47-30-;/t32-,33-,34?,37+,41+,50+,51-,52?;/m1./s1. The summed E-state index contributed by atoms with van der Waals surface area (Å²) in [6.07, 6.45) is 21.8. The van der Waals surface area contributed by atoms with Gasteiger partial charge in [0.15, 0.2) is 5.78 Å². The zero-order valence-electron chi connectivity index (χ0n) is 41.6. The number of carbonyl (C=O) groups excluding carboxylic acids is 3. The first-order chi connectivity index (χ1) is 30.6. The van der Waals surface area contributed by atoms with Gasteiger partial charge in [0.25, 0.3) is 0 Å². The minimum absolute atomic E-state index is 0. The number of rotatable bonds is 21. The summed E-state index contributed by atoms with van der Waals surface area (Å²) < 4.78 is 11.2. The average molecular weight is 898 g/mol. The molecule has 3 aliphatic rings. The molecular formula is C55H76MgN4O5-2. The van der Waals surface area contributed by atoms with Crippen molar-refractivity contribution in [2.75, 3.05) is 13.7 Å². The van der Waals surface area contributed by atoms with Gasteiger partial charge in [-0.25, -0.2) is 0 Å². The third kappa shape index (κ3) is 11.9. The second-order valence-electron chi connectivity index (χ2n) is 20.2. The van der Waals surface area contributed by atoms with Crippen LogP contribution in [0, 0.1) is 62.2 Å². The van der Waals surface area contributed by atoms with Crippen LogP contribution in [0.1, 0.15) is 192 Å². The Kier molecular flexibility index (Phi) is 18.7. The number of hydrogen-bond donors (Lipinski definition) is 0. The number of aromatic nitrogens is 3. The minimum Gasteiger partial charge on any atom is -0.684 e. The number of ether oxygens (including phenoxy) is 2. The molecule has 10 heteroatoms. The van der Waals surface area contributed by atoms with Crippen molar-refractivity contribution >= 4 is 65.1 Å². The van der Waals surface area contributed by atoms with Gasteiger partial charge in [0.05, 0.1) is 13.7 Å². The summed E-state index contributed by atoms with van der Waals surface area (Å²) in [5.41, 5.74) is 8.90. The van der Waals surface area contributed by atoms with Crippen molar-refractivity contribution in [3.05, 3.63) is 84.4 Å². The van der Waals surface area contributed by atoms with Crippen molar-refractivity contribution in [2.45, 2.75) is 165 Å². The Morgan fingerprint density at radius 3 is 1.98 bits per heavy atom. The summed E-state index contributed by atoms with van der Waals surface area (Å²) in [5, 5.41) is 7.00. The van der Waals surface area contributed by atoms with E-state index in [0.29, 0.717) is 35.9 Å². The fourth-order valence-electron chi connectivity index (χ4n) is 10.8. The van der Waals surface area contributed by atoms with Crippen LogP contribution >= 0.6 is 0 Å². The van der Waals surface area contributed by atoms with Crippen LogP contribution in [0.2, 0.25) is 0 Å². The second kappa shape index (κ2) is 23.3. The molecule has 350 valence electrons. The van der Waals surface area contributed by atoms with Crippen LogP contribution in [0.4, 0.5) is 0 Å². The fourth-order valence-corrected chi connectivity index (χ4v) is 10.8. The largest absolute Gasteiger partial charge is 2.00 e. The van der Waals surface area contributed by atoms with Gasteiger partial charge in [-0.05, 0) is 87.0 Å². The van der Waals surface area contributed by atoms with Crippen LogP contribution in [0.25, 0.3) is 29.6 Å². The number of nitrogens with zero attached hydrogens (tertiary/aromatic N) is 4. The van der Waals surface area contributed by atoms with Gasteiger partial charge in [0.1, 0.15) is 5.92 Å². The molecule has 65 heavy (non-hydrogen) atoms. The van der Waals surface area contributed by atoms with Gasteiger partial charge < -0.3 is 29.7 Å². The normalized spacial score (nSPS) is 23.0. The van der Waals surface area contributed by atoms with Crippen LogP contribution in [-0.2, 0) is 25.5 Å². The minimum atomic E-state index is -1.09. The second-order valence-corrected chi connectivity index (χ2v) is 20.2. The zero-order chi connectivity index (χ0) is 46.4. The van der Waals surface area contributed by atoms with Gasteiger partial charge >= 0.3 is 35.0 Å². The van der Waals surface area contributed by atoms with Gasteiger partial charge in [-0.3, -0.25) is 14.4 Å². The van der Waals surface area contributed by atoms with Crippen molar-refractivity contribution in [2.24, 2.45) is 41.4 Å². The van der Waals surface area contributed by atoms with Crippen LogP contribution in [0.15, 0.2) is 12.3 Å². The first kappa shape index (κ1) is 52.2. The van der Waals surface area contributed by atoms with Gasteiger partial charge in [0, 0.05) is 12.0 Å². The third-order valence-electron chi connectivity index (χ3n) is 15.0. The predicted molar refractivity (Wildman–Crippen MR) is 264 cm³/mol. The van der Waals surface area contributed by atoms with E-state index in [1.54, 1.807) is 0 Å². The van der Waals surface area contributed by atoms with E-state index in [9.17, 15) is 14.4 Å². The number of fused-ring (bicyclic) bond motifs is 8. The van der Waals surface area contributed by atoms with Crippen LogP contribution in [0.5, 0.6) is 0 Å². The van der Waals surface area contributed by atoms with Crippen molar-refractivity contribution in [1.82, 2.24) is 15.0 Å². The Morgan fingerprint density at radius 1 is 0.785 bits per heavy atom. The number of Topliss-reactive ketones (excluding diaryl/α,β-unsaturated/α-hetero) is 1. The molecule has 8 bridgehead atoms. The summed E-state index contributed by atoms with van der Waals surface area (Å²) in [6.45, 7) is 26.5. The Balaban J connectivity index is 0.00000793. The molecule has 0 radical (unpaired) electrons. The van der Waals surface area contributed by atoms with E-state index in [4.69, 9.17) is 29.7 Å². The molecule has 0 N–H and O–H groups in total. The topological polar surface area (TPSA) is 126 Å². The molecule has 3 aromatic heterocycles. The maximum absolute atomic E-state index is 14.4. The molecule has 0 saturated carbocycles. The molecule has 1 aliphatic carbocycles. The van der Waals surface area contributed by atoms with E-state index in [-0.39, 0.29) is 53.1 Å². The van der Waals surface area contributed by atoms with Crippen LogP contribution < -0.4 is 25.7 Å². The molecule has 5 heterocycles. The number of esters is 2. The number of methoxy groups -OCH3 is 1. The molecule has 2 aliphatic heterocycles. The van der Waals surface area contributed by atoms with E-state index >= 15 is 0 Å². The maximum Gasteiger partial charge on any atom is 2.00 e. The zero-order valence-corrected chi connectivity index (χ0v) is 43.1. The van der Waals surface area contributed by atoms with Crippen molar-refractivity contribution in [3.63, 3.8) is 0 Å². The van der Waals surface area contributed by atoms with Crippen LogP contribution in [-0.4, -0.2) is 60.5 Å². The Hall–Kier alpha value is -3.76. The fraction of sp³-hybridized carbons (Fsp3) is 0.618. The summed E-state index contributed by atoms with van der Waals surface area (Å²) >= 11 is 0. The van der Waals surface area contributed by atoms with Gasteiger partial charge in [0.2, 0.25) is 0 Å². The molecular weight excluding hydrogens is 821 g/mol. The SMILES string of the molecule is C=Cc1c2[n-]c(c1C)/C=C1\[N-]C([C@@H](CCC(=O)OCCC(C)CCC[C@H](C)CCC[C@H](C)CCCC(C)C)[C@@H]1C)[C@H]1c3[n-]c(c(C)c3C(=O)[C@@H]1C(=O)OC)/C=c1\[n-]/c(c(C)c1CC)=C\2.[Mg+2]. The quantitative estimate of drug-likeness (QED) is 0.0588. The maximum atomic E-state index is 14.4. The molecule has 6 rings (SSSR count). The number of hydrogen-bond acceptors (Lipinski definition) is 5. The van der Waals surface area contributed by atoms with E-state index in [1.807, 2.05) is 38.2 Å². The smallest absolute Gasteiger partial charge is 0.684 e. The summed E-state index contributed by atoms with van der Waals surface area (Å²) in [4.78, 5) is 56.8. The van der Waals surface area contributed by atoms with E-state index in [1.165, 1.54) is 58.5 Å². The number of ketones is 1. The molecule has 1 fully saturated rings. The molecule has 0 amide bonds. The molecule has 3 aromatic rings. The monoisotopic (exact) mass is 897 g/mol.